The molecule has 4 rings (SSSR count). The van der Waals surface area contributed by atoms with Crippen molar-refractivity contribution >= 4 is 23.3 Å². The Hall–Kier alpha value is -4.15. The van der Waals surface area contributed by atoms with E-state index >= 15 is 0 Å². The summed E-state index contributed by atoms with van der Waals surface area (Å²) < 4.78 is 36.9. The van der Waals surface area contributed by atoms with Crippen LogP contribution in [0.15, 0.2) is 78.1 Å². The Labute approximate surface area is 207 Å². The van der Waals surface area contributed by atoms with Gasteiger partial charge in [0.1, 0.15) is 18.2 Å². The van der Waals surface area contributed by atoms with Crippen LogP contribution in [0.2, 0.25) is 0 Å². The molecule has 0 aromatic heterocycles. The average molecular weight is 500 g/mol. The number of likely N-dealkylation sites (tertiary alicyclic amines) is 1. The Bertz CT molecular complexity index is 1170. The van der Waals surface area contributed by atoms with E-state index in [1.165, 1.54) is 6.42 Å². The van der Waals surface area contributed by atoms with Crippen molar-refractivity contribution in [1.29, 1.82) is 5.41 Å². The Balaban J connectivity index is 1.41. The van der Waals surface area contributed by atoms with Crippen LogP contribution in [-0.4, -0.2) is 47.5 Å². The van der Waals surface area contributed by atoms with Gasteiger partial charge in [0.15, 0.2) is 0 Å². The zero-order valence-electron chi connectivity index (χ0n) is 19.5. The number of anilines is 1. The molecule has 190 valence electrons. The zero-order valence-corrected chi connectivity index (χ0v) is 19.5. The summed E-state index contributed by atoms with van der Waals surface area (Å²) >= 11 is 0. The summed E-state index contributed by atoms with van der Waals surface area (Å²) in [6, 6.07) is 5.87. The molecule has 3 aliphatic rings. The van der Waals surface area contributed by atoms with Crippen LogP contribution in [0.3, 0.4) is 0 Å². The number of amidine groups is 1. The molecule has 1 aromatic rings. The number of hydrogen-bond acceptors (Lipinski definition) is 5. The number of carbonyl (C=O) groups is 1. The second-order valence-corrected chi connectivity index (χ2v) is 8.57. The minimum Gasteiger partial charge on any atom is -0.398 e. The lowest BCUT2D eigenvalue weighted by Crippen LogP contribution is -2.36. The SMILES string of the molecule is N=C(C=CC(N)=C1C=CN2C(=C1)NC=C2c1cccc(NC(=O)NCC(F)(F)F)c1)N1CCCCC1. The number of urea groups is 1. The number of halogens is 3. The number of nitrogens with zero attached hydrogens (tertiary/aromatic N) is 2. The Morgan fingerprint density at radius 3 is 2.72 bits per heavy atom. The van der Waals surface area contributed by atoms with E-state index in [2.05, 4.69) is 10.6 Å². The summed E-state index contributed by atoms with van der Waals surface area (Å²) in [7, 11) is 0. The Kier molecular flexibility index (Phi) is 7.37. The molecule has 1 fully saturated rings. The largest absolute Gasteiger partial charge is 0.405 e. The van der Waals surface area contributed by atoms with E-state index in [-0.39, 0.29) is 0 Å². The maximum Gasteiger partial charge on any atom is 0.405 e. The molecule has 11 heteroatoms. The number of nitrogens with one attached hydrogen (secondary N) is 4. The number of allylic oxidation sites excluding steroid dienone is 4. The van der Waals surface area contributed by atoms with Crippen LogP contribution < -0.4 is 21.7 Å². The van der Waals surface area contributed by atoms with Gasteiger partial charge in [0.2, 0.25) is 0 Å². The highest BCUT2D eigenvalue weighted by atomic mass is 19.4. The Morgan fingerprint density at radius 2 is 1.97 bits per heavy atom. The van der Waals surface area contributed by atoms with E-state index in [9.17, 15) is 18.0 Å². The van der Waals surface area contributed by atoms with E-state index in [1.54, 1.807) is 41.9 Å². The van der Waals surface area contributed by atoms with Crippen molar-refractivity contribution in [2.24, 2.45) is 5.73 Å². The van der Waals surface area contributed by atoms with E-state index in [0.29, 0.717) is 17.2 Å². The van der Waals surface area contributed by atoms with Gasteiger partial charge in [0, 0.05) is 48.0 Å². The van der Waals surface area contributed by atoms with Gasteiger partial charge in [-0.15, -0.1) is 0 Å². The van der Waals surface area contributed by atoms with Gasteiger partial charge in [0.05, 0.1) is 5.70 Å². The molecule has 36 heavy (non-hydrogen) atoms. The highest BCUT2D eigenvalue weighted by molar-refractivity contribution is 5.91. The fraction of sp³-hybridized carbons (Fsp3) is 0.280. The van der Waals surface area contributed by atoms with Gasteiger partial charge in [0.25, 0.3) is 0 Å². The molecule has 8 nitrogen and oxygen atoms in total. The van der Waals surface area contributed by atoms with Crippen LogP contribution in [0.1, 0.15) is 24.8 Å². The number of rotatable bonds is 5. The van der Waals surface area contributed by atoms with Gasteiger partial charge in [-0.25, -0.2) is 4.79 Å². The van der Waals surface area contributed by atoms with Crippen molar-refractivity contribution < 1.29 is 18.0 Å². The maximum atomic E-state index is 12.3. The predicted molar refractivity (Wildman–Crippen MR) is 133 cm³/mol. The summed E-state index contributed by atoms with van der Waals surface area (Å²) in [5.74, 6) is 1.22. The molecule has 0 atom stereocenters. The normalized spacial score (nSPS) is 18.9. The molecule has 2 amide bonds. The van der Waals surface area contributed by atoms with Gasteiger partial charge in [-0.3, -0.25) is 5.41 Å². The summed E-state index contributed by atoms with van der Waals surface area (Å²) in [5.41, 5.74) is 9.50. The first-order valence-electron chi connectivity index (χ1n) is 11.6. The lowest BCUT2D eigenvalue weighted by molar-refractivity contribution is -0.122. The second-order valence-electron chi connectivity index (χ2n) is 8.57. The molecule has 0 saturated carbocycles. The summed E-state index contributed by atoms with van der Waals surface area (Å²) in [4.78, 5) is 15.7. The van der Waals surface area contributed by atoms with Gasteiger partial charge in [-0.2, -0.15) is 13.2 Å². The molecule has 1 aromatic carbocycles. The number of piperidine rings is 1. The fourth-order valence-corrected chi connectivity index (χ4v) is 4.05. The van der Waals surface area contributed by atoms with E-state index in [0.717, 1.165) is 48.6 Å². The van der Waals surface area contributed by atoms with E-state index < -0.39 is 18.8 Å². The standard InChI is InChI=1S/C25H28F3N7O/c26-25(27,28)16-32-24(36)33-19-6-4-5-18(13-19)21-15-31-23-14-17(9-12-35(21)23)20(29)7-8-22(30)34-10-2-1-3-11-34/h4-9,12-15,30-31H,1-3,10-11,16,29H2,(H2,32,33,36). The third kappa shape index (κ3) is 6.29. The van der Waals surface area contributed by atoms with Gasteiger partial charge in [-0.05, 0) is 55.7 Å². The zero-order chi connectivity index (χ0) is 25.7. The molecule has 3 heterocycles. The highest BCUT2D eigenvalue weighted by Gasteiger charge is 2.28. The van der Waals surface area contributed by atoms with E-state index in [4.69, 9.17) is 11.1 Å². The molecular weight excluding hydrogens is 471 g/mol. The average Bonchev–Trinajstić information content (AvgIpc) is 3.29. The van der Waals surface area contributed by atoms with Crippen LogP contribution in [0.4, 0.5) is 23.7 Å². The second kappa shape index (κ2) is 10.6. The van der Waals surface area contributed by atoms with Crippen molar-refractivity contribution in [3.8, 4) is 0 Å². The molecule has 1 saturated heterocycles. The van der Waals surface area contributed by atoms with Crippen LogP contribution in [0, 0.1) is 5.41 Å². The van der Waals surface area contributed by atoms with Crippen molar-refractivity contribution in [2.75, 3.05) is 25.0 Å². The third-order valence-corrected chi connectivity index (χ3v) is 5.89. The van der Waals surface area contributed by atoms with Gasteiger partial charge < -0.3 is 31.5 Å². The molecule has 0 bridgehead atoms. The molecule has 0 spiro atoms. The topological polar surface area (TPSA) is 110 Å². The minimum atomic E-state index is -4.48. The third-order valence-electron chi connectivity index (χ3n) is 5.89. The van der Waals surface area contributed by atoms with Crippen molar-refractivity contribution in [2.45, 2.75) is 25.4 Å². The first-order valence-corrected chi connectivity index (χ1v) is 11.6. The summed E-state index contributed by atoms with van der Waals surface area (Å²) in [5, 5.41) is 15.7. The fourth-order valence-electron chi connectivity index (χ4n) is 4.05. The van der Waals surface area contributed by atoms with Gasteiger partial charge in [-0.1, -0.05) is 12.1 Å². The number of alkyl halides is 3. The number of amides is 2. The van der Waals surface area contributed by atoms with Gasteiger partial charge >= 0.3 is 12.2 Å². The first kappa shape index (κ1) is 25.0. The number of fused-ring (bicyclic) bond motifs is 1. The quantitative estimate of drug-likeness (QED) is 0.309. The van der Waals surface area contributed by atoms with Crippen LogP contribution in [0.25, 0.3) is 5.70 Å². The van der Waals surface area contributed by atoms with E-state index in [1.807, 2.05) is 34.2 Å². The van der Waals surface area contributed by atoms with Crippen LogP contribution in [-0.2, 0) is 0 Å². The lowest BCUT2D eigenvalue weighted by atomic mass is 10.1. The lowest BCUT2D eigenvalue weighted by Gasteiger charge is -2.27. The predicted octanol–water partition coefficient (Wildman–Crippen LogP) is 4.17. The number of hydrogen-bond donors (Lipinski definition) is 5. The molecule has 0 aliphatic carbocycles. The summed E-state index contributed by atoms with van der Waals surface area (Å²) in [6.07, 6.45) is 9.78. The van der Waals surface area contributed by atoms with Crippen LogP contribution >= 0.6 is 0 Å². The number of nitrogens with two attached hydrogens (primary N) is 1. The Morgan fingerprint density at radius 1 is 1.19 bits per heavy atom. The first-order chi connectivity index (χ1) is 17.2. The highest BCUT2D eigenvalue weighted by Crippen LogP contribution is 2.32. The van der Waals surface area contributed by atoms with Crippen molar-refractivity contribution in [3.63, 3.8) is 0 Å². The molecule has 6 N–H and O–H groups in total. The van der Waals surface area contributed by atoms with Crippen LogP contribution in [0.5, 0.6) is 0 Å². The molecular formula is C25H28F3N7O. The monoisotopic (exact) mass is 499 g/mol. The van der Waals surface area contributed by atoms with Crippen molar-refractivity contribution in [1.82, 2.24) is 20.4 Å². The number of carbonyl (C=O) groups excluding carboxylic acids is 1. The summed E-state index contributed by atoms with van der Waals surface area (Å²) in [6.45, 7) is 0.381. The maximum absolute atomic E-state index is 12.3. The smallest absolute Gasteiger partial charge is 0.398 e. The van der Waals surface area contributed by atoms with Crippen molar-refractivity contribution in [3.05, 3.63) is 83.6 Å². The molecule has 0 unspecified atom stereocenters. The molecule has 0 radical (unpaired) electrons. The number of benzene rings is 1. The molecule has 3 aliphatic heterocycles. The minimum absolute atomic E-state index is 0.359.